The average molecular weight is 500 g/mol. The number of nitrogens with one attached hydrogen (secondary N) is 1. The van der Waals surface area contributed by atoms with E-state index in [0.29, 0.717) is 5.75 Å². The zero-order valence-corrected chi connectivity index (χ0v) is 22.9. The lowest BCUT2D eigenvalue weighted by molar-refractivity contribution is -0.141. The third kappa shape index (κ3) is 19.9. The fourth-order valence-electron chi connectivity index (χ4n) is 3.86. The lowest BCUT2D eigenvalue weighted by atomic mass is 9.91. The van der Waals surface area contributed by atoms with Crippen LogP contribution in [0.2, 0.25) is 0 Å². The number of carbonyl (C=O) groups excluding carboxylic acids is 1. The number of carboxylic acid groups (broad SMARTS) is 2. The van der Waals surface area contributed by atoms with Crippen molar-refractivity contribution >= 4 is 29.6 Å². The molecule has 0 heterocycles. The molecule has 198 valence electrons. The quantitative estimate of drug-likeness (QED) is 0.122. The molecule has 0 aliphatic carbocycles. The molecule has 3 atom stereocenters. The van der Waals surface area contributed by atoms with E-state index in [2.05, 4.69) is 46.0 Å². The highest BCUT2D eigenvalue weighted by atomic mass is 32.2. The summed E-state index contributed by atoms with van der Waals surface area (Å²) in [6.45, 7) is 11.5. The number of hydrogen-bond donors (Lipinski definition) is 3. The van der Waals surface area contributed by atoms with Crippen molar-refractivity contribution in [3.8, 4) is 0 Å². The molecule has 0 spiro atoms. The summed E-state index contributed by atoms with van der Waals surface area (Å²) in [5.41, 5.74) is 1.32. The maximum Gasteiger partial charge on any atom is 0.327 e. The van der Waals surface area contributed by atoms with E-state index >= 15 is 0 Å². The second kappa shape index (κ2) is 19.8. The van der Waals surface area contributed by atoms with Crippen LogP contribution in [0.5, 0.6) is 0 Å². The van der Waals surface area contributed by atoms with E-state index in [0.717, 1.165) is 24.2 Å². The van der Waals surface area contributed by atoms with Crippen molar-refractivity contribution < 1.29 is 24.6 Å². The molecular weight excluding hydrogens is 450 g/mol. The van der Waals surface area contributed by atoms with Gasteiger partial charge in [0.1, 0.15) is 6.04 Å². The highest BCUT2D eigenvalue weighted by Gasteiger charge is 2.20. The summed E-state index contributed by atoms with van der Waals surface area (Å²) in [4.78, 5) is 33.5. The fraction of sp³-hybridized carbons (Fsp3) is 0.815. The molecule has 0 rings (SSSR count). The van der Waals surface area contributed by atoms with Crippen LogP contribution in [0, 0.1) is 17.8 Å². The Kier molecular flexibility index (Phi) is 18.9. The van der Waals surface area contributed by atoms with Crippen LogP contribution in [0.1, 0.15) is 105 Å². The minimum Gasteiger partial charge on any atom is -0.481 e. The molecule has 0 aliphatic rings. The first-order valence-electron chi connectivity index (χ1n) is 13.0. The van der Waals surface area contributed by atoms with E-state index in [1.807, 2.05) is 0 Å². The van der Waals surface area contributed by atoms with E-state index in [1.165, 1.54) is 68.7 Å². The van der Waals surface area contributed by atoms with E-state index < -0.39 is 23.9 Å². The van der Waals surface area contributed by atoms with E-state index in [-0.39, 0.29) is 18.6 Å². The first-order chi connectivity index (χ1) is 16.0. The zero-order valence-electron chi connectivity index (χ0n) is 22.1. The first-order valence-corrected chi connectivity index (χ1v) is 14.1. The Morgan fingerprint density at radius 3 is 1.91 bits per heavy atom. The van der Waals surface area contributed by atoms with Gasteiger partial charge in [-0.15, -0.1) is 0 Å². The second-order valence-corrected chi connectivity index (χ2v) is 11.4. The number of hydrogen-bond acceptors (Lipinski definition) is 4. The molecule has 0 radical (unpaired) electrons. The number of amides is 1. The molecule has 2 unspecified atom stereocenters. The highest BCUT2D eigenvalue weighted by Crippen LogP contribution is 2.22. The van der Waals surface area contributed by atoms with Gasteiger partial charge < -0.3 is 15.5 Å². The Hall–Kier alpha value is -1.50. The largest absolute Gasteiger partial charge is 0.481 e. The molecule has 0 saturated heterocycles. The summed E-state index contributed by atoms with van der Waals surface area (Å²) in [5.74, 6) is 0.643. The van der Waals surface area contributed by atoms with Gasteiger partial charge >= 0.3 is 11.9 Å². The predicted octanol–water partition coefficient (Wildman–Crippen LogP) is 6.54. The van der Waals surface area contributed by atoms with E-state index in [9.17, 15) is 19.5 Å². The first kappa shape index (κ1) is 32.5. The van der Waals surface area contributed by atoms with Gasteiger partial charge in [0.05, 0.1) is 6.42 Å². The van der Waals surface area contributed by atoms with Crippen molar-refractivity contribution in [1.29, 1.82) is 0 Å². The highest BCUT2D eigenvalue weighted by molar-refractivity contribution is 7.99. The van der Waals surface area contributed by atoms with Crippen LogP contribution in [0.25, 0.3) is 0 Å². The number of allylic oxidation sites excluding steroid dienone is 1. The van der Waals surface area contributed by atoms with Gasteiger partial charge in [0.25, 0.3) is 0 Å². The summed E-state index contributed by atoms with van der Waals surface area (Å²) >= 11 is 1.46. The molecule has 34 heavy (non-hydrogen) atoms. The Labute approximate surface area is 211 Å². The molecule has 6 nitrogen and oxygen atoms in total. The van der Waals surface area contributed by atoms with Crippen molar-refractivity contribution in [3.63, 3.8) is 0 Å². The molecule has 0 aromatic heterocycles. The standard InChI is InChI=1S/C27H49NO5S/c1-20(2)9-6-10-21(3)11-7-12-22(4)13-8-14-23(5)17-18-34-19-24(27(32)33)28-25(29)15-16-26(30)31/h17,20-22,24H,6-16,18-19H2,1-5H3,(H,28,29)(H,30,31)(H,32,33)/t21?,22?,24-/m0/s1. The summed E-state index contributed by atoms with van der Waals surface area (Å²) in [6, 6.07) is -1.00. The van der Waals surface area contributed by atoms with Gasteiger partial charge in [0, 0.05) is 17.9 Å². The van der Waals surface area contributed by atoms with Crippen molar-refractivity contribution in [2.75, 3.05) is 11.5 Å². The van der Waals surface area contributed by atoms with Crippen LogP contribution in [0.3, 0.4) is 0 Å². The van der Waals surface area contributed by atoms with Crippen molar-refractivity contribution in [1.82, 2.24) is 5.32 Å². The molecule has 1 amide bonds. The number of rotatable bonds is 21. The third-order valence-electron chi connectivity index (χ3n) is 6.17. The van der Waals surface area contributed by atoms with Crippen LogP contribution >= 0.6 is 11.8 Å². The molecular formula is C27H49NO5S. The Balaban J connectivity index is 3.99. The third-order valence-corrected chi connectivity index (χ3v) is 7.15. The number of aliphatic carboxylic acids is 2. The van der Waals surface area contributed by atoms with Crippen LogP contribution in [0.15, 0.2) is 11.6 Å². The molecule has 3 N–H and O–H groups in total. The molecule has 7 heteroatoms. The van der Waals surface area contributed by atoms with Gasteiger partial charge in [0.15, 0.2) is 0 Å². The fourth-order valence-corrected chi connectivity index (χ4v) is 4.86. The Morgan fingerprint density at radius 2 is 1.38 bits per heavy atom. The number of thioether (sulfide) groups is 1. The van der Waals surface area contributed by atoms with Crippen LogP contribution in [-0.4, -0.2) is 45.6 Å². The van der Waals surface area contributed by atoms with Crippen LogP contribution < -0.4 is 5.32 Å². The van der Waals surface area contributed by atoms with Crippen molar-refractivity contribution in [2.24, 2.45) is 17.8 Å². The molecule has 0 aromatic carbocycles. The second-order valence-electron chi connectivity index (χ2n) is 10.3. The minimum atomic E-state index is -1.10. The monoisotopic (exact) mass is 499 g/mol. The van der Waals surface area contributed by atoms with Gasteiger partial charge in [-0.3, -0.25) is 9.59 Å². The average Bonchev–Trinajstić information content (AvgIpc) is 2.73. The molecule has 0 bridgehead atoms. The summed E-state index contributed by atoms with van der Waals surface area (Å²) in [7, 11) is 0. The van der Waals surface area contributed by atoms with Crippen molar-refractivity contribution in [2.45, 2.75) is 111 Å². The number of carbonyl (C=O) groups is 3. The van der Waals surface area contributed by atoms with Crippen LogP contribution in [0.4, 0.5) is 0 Å². The normalized spacial score (nSPS) is 14.6. The van der Waals surface area contributed by atoms with Crippen molar-refractivity contribution in [3.05, 3.63) is 11.6 Å². The van der Waals surface area contributed by atoms with Gasteiger partial charge in [-0.2, -0.15) is 11.8 Å². The molecule has 0 saturated carbocycles. The topological polar surface area (TPSA) is 104 Å². The zero-order chi connectivity index (χ0) is 25.9. The lowest BCUT2D eigenvalue weighted by Gasteiger charge is -2.15. The Bertz CT molecular complexity index is 620. The van der Waals surface area contributed by atoms with E-state index in [1.54, 1.807) is 0 Å². The van der Waals surface area contributed by atoms with Gasteiger partial charge in [-0.05, 0) is 37.5 Å². The summed E-state index contributed by atoms with van der Waals surface area (Å²) in [6.07, 6.45) is 13.1. The number of carboxylic acids is 2. The maximum atomic E-state index is 11.7. The van der Waals surface area contributed by atoms with Gasteiger partial charge in [-0.1, -0.05) is 84.3 Å². The maximum absolute atomic E-state index is 11.7. The minimum absolute atomic E-state index is 0.210. The van der Waals surface area contributed by atoms with Gasteiger partial charge in [-0.25, -0.2) is 4.79 Å². The Morgan fingerprint density at radius 1 is 0.824 bits per heavy atom. The van der Waals surface area contributed by atoms with Gasteiger partial charge in [0.2, 0.25) is 5.91 Å². The SMILES string of the molecule is CC(=CCSC[C@H](NC(=O)CCC(=O)O)C(=O)O)CCCC(C)CCCC(C)CCCC(C)C. The lowest BCUT2D eigenvalue weighted by Crippen LogP contribution is -2.42. The molecule has 0 aliphatic heterocycles. The summed E-state index contributed by atoms with van der Waals surface area (Å²) < 4.78 is 0. The summed E-state index contributed by atoms with van der Waals surface area (Å²) in [5, 5.41) is 20.3. The van der Waals surface area contributed by atoms with Crippen LogP contribution in [-0.2, 0) is 14.4 Å². The predicted molar refractivity (Wildman–Crippen MR) is 142 cm³/mol. The van der Waals surface area contributed by atoms with E-state index in [4.69, 9.17) is 5.11 Å². The molecule has 0 fully saturated rings. The molecule has 0 aromatic rings. The smallest absolute Gasteiger partial charge is 0.327 e.